The minimum absolute atomic E-state index is 0.159. The first-order chi connectivity index (χ1) is 8.69. The van der Waals surface area contributed by atoms with Gasteiger partial charge in [0.2, 0.25) is 0 Å². The van der Waals surface area contributed by atoms with Gasteiger partial charge in [0.1, 0.15) is 11.5 Å². The Kier molecular flexibility index (Phi) is 4.05. The molecule has 0 aliphatic rings. The van der Waals surface area contributed by atoms with Gasteiger partial charge in [-0.1, -0.05) is 12.1 Å². The van der Waals surface area contributed by atoms with Gasteiger partial charge >= 0.3 is 0 Å². The molecule has 1 aromatic heterocycles. The lowest BCUT2D eigenvalue weighted by Crippen LogP contribution is -2.05. The lowest BCUT2D eigenvalue weighted by molar-refractivity contribution is 0.185. The van der Waals surface area contributed by atoms with E-state index in [0.29, 0.717) is 6.61 Å². The molecule has 18 heavy (non-hydrogen) atoms. The van der Waals surface area contributed by atoms with Crippen molar-refractivity contribution in [2.24, 2.45) is 0 Å². The molecule has 3 heteroatoms. The van der Waals surface area contributed by atoms with E-state index in [2.05, 4.69) is 36.5 Å². The van der Waals surface area contributed by atoms with Crippen LogP contribution in [0.5, 0.6) is 0 Å². The largest absolute Gasteiger partial charge is 0.464 e. The van der Waals surface area contributed by atoms with Crippen LogP contribution in [0.2, 0.25) is 0 Å². The molecule has 0 amide bonds. The molecule has 96 valence electrons. The monoisotopic (exact) mass is 245 g/mol. The molecule has 0 saturated carbocycles. The van der Waals surface area contributed by atoms with E-state index in [9.17, 15) is 0 Å². The summed E-state index contributed by atoms with van der Waals surface area (Å²) in [5.74, 6) is 1.89. The van der Waals surface area contributed by atoms with Crippen molar-refractivity contribution in [3.05, 3.63) is 53.5 Å². The Hall–Kier alpha value is -1.74. The summed E-state index contributed by atoms with van der Waals surface area (Å²) < 4.78 is 10.7. The van der Waals surface area contributed by atoms with Crippen molar-refractivity contribution >= 4 is 5.69 Å². The molecular formula is C15H19NO2. The van der Waals surface area contributed by atoms with Gasteiger partial charge in [-0.3, -0.25) is 0 Å². The molecule has 0 saturated heterocycles. The SMILES string of the molecule is COCc1ccc(NC(C)c2ccc(C)o2)cc1. The molecule has 2 aromatic rings. The highest BCUT2D eigenvalue weighted by Gasteiger charge is 2.08. The second-order valence-electron chi connectivity index (χ2n) is 4.44. The standard InChI is InChI=1S/C15H19NO2/c1-11-4-9-15(18-11)12(2)16-14-7-5-13(6-8-14)10-17-3/h4-9,12,16H,10H2,1-3H3. The number of anilines is 1. The molecule has 0 aliphatic carbocycles. The van der Waals surface area contributed by atoms with Gasteiger partial charge in [0.15, 0.2) is 0 Å². The van der Waals surface area contributed by atoms with Crippen molar-refractivity contribution in [2.75, 3.05) is 12.4 Å². The third-order valence-corrected chi connectivity index (χ3v) is 2.84. The second-order valence-corrected chi connectivity index (χ2v) is 4.44. The average molecular weight is 245 g/mol. The van der Waals surface area contributed by atoms with Crippen LogP contribution in [0.3, 0.4) is 0 Å². The number of furan rings is 1. The van der Waals surface area contributed by atoms with Crippen molar-refractivity contribution in [3.8, 4) is 0 Å². The van der Waals surface area contributed by atoms with E-state index in [4.69, 9.17) is 9.15 Å². The maximum absolute atomic E-state index is 5.60. The number of benzene rings is 1. The molecule has 2 rings (SSSR count). The Labute approximate surface area is 108 Å². The second kappa shape index (κ2) is 5.74. The Morgan fingerprint density at radius 3 is 2.44 bits per heavy atom. The first-order valence-corrected chi connectivity index (χ1v) is 6.10. The molecule has 1 unspecified atom stereocenters. The molecule has 1 N–H and O–H groups in total. The zero-order valence-corrected chi connectivity index (χ0v) is 11.1. The van der Waals surface area contributed by atoms with Gasteiger partial charge in [-0.2, -0.15) is 0 Å². The normalized spacial score (nSPS) is 12.4. The van der Waals surface area contributed by atoms with Gasteiger partial charge in [0.05, 0.1) is 12.6 Å². The van der Waals surface area contributed by atoms with E-state index in [1.54, 1.807) is 7.11 Å². The van der Waals surface area contributed by atoms with Crippen LogP contribution in [0.25, 0.3) is 0 Å². The zero-order valence-electron chi connectivity index (χ0n) is 11.1. The molecule has 1 heterocycles. The summed E-state index contributed by atoms with van der Waals surface area (Å²) in [4.78, 5) is 0. The first-order valence-electron chi connectivity index (χ1n) is 6.10. The first kappa shape index (κ1) is 12.7. The van der Waals surface area contributed by atoms with E-state index in [0.717, 1.165) is 17.2 Å². The van der Waals surface area contributed by atoms with Crippen LogP contribution in [0.1, 0.15) is 30.0 Å². The molecular weight excluding hydrogens is 226 g/mol. The average Bonchev–Trinajstić information content (AvgIpc) is 2.79. The number of methoxy groups -OCH3 is 1. The van der Waals surface area contributed by atoms with Crippen LogP contribution < -0.4 is 5.32 Å². The molecule has 0 aliphatic heterocycles. The Morgan fingerprint density at radius 1 is 1.17 bits per heavy atom. The summed E-state index contributed by atoms with van der Waals surface area (Å²) in [6, 6.07) is 12.4. The topological polar surface area (TPSA) is 34.4 Å². The molecule has 1 aromatic carbocycles. The summed E-state index contributed by atoms with van der Waals surface area (Å²) in [6.07, 6.45) is 0. The Morgan fingerprint density at radius 2 is 1.89 bits per heavy atom. The van der Waals surface area contributed by atoms with Crippen molar-refractivity contribution in [2.45, 2.75) is 26.5 Å². The fourth-order valence-electron chi connectivity index (χ4n) is 1.87. The van der Waals surface area contributed by atoms with E-state index < -0.39 is 0 Å². The summed E-state index contributed by atoms with van der Waals surface area (Å²) in [7, 11) is 1.70. The van der Waals surface area contributed by atoms with E-state index in [-0.39, 0.29) is 6.04 Å². The van der Waals surface area contributed by atoms with Gasteiger partial charge in [0.25, 0.3) is 0 Å². The summed E-state index contributed by atoms with van der Waals surface area (Å²) in [5, 5.41) is 3.41. The molecule has 0 radical (unpaired) electrons. The van der Waals surface area contributed by atoms with Crippen molar-refractivity contribution in [3.63, 3.8) is 0 Å². The number of hydrogen-bond donors (Lipinski definition) is 1. The van der Waals surface area contributed by atoms with Crippen LogP contribution in [0, 0.1) is 6.92 Å². The minimum atomic E-state index is 0.159. The van der Waals surface area contributed by atoms with E-state index in [1.807, 2.05) is 19.1 Å². The van der Waals surface area contributed by atoms with E-state index >= 15 is 0 Å². The van der Waals surface area contributed by atoms with Gasteiger partial charge in [-0.15, -0.1) is 0 Å². The van der Waals surface area contributed by atoms with Crippen molar-refractivity contribution < 1.29 is 9.15 Å². The summed E-state index contributed by atoms with van der Waals surface area (Å²) in [6.45, 7) is 4.68. The third-order valence-electron chi connectivity index (χ3n) is 2.84. The molecule has 3 nitrogen and oxygen atoms in total. The lowest BCUT2D eigenvalue weighted by atomic mass is 10.2. The highest BCUT2D eigenvalue weighted by Crippen LogP contribution is 2.21. The number of aryl methyl sites for hydroxylation is 1. The van der Waals surface area contributed by atoms with Crippen molar-refractivity contribution in [1.82, 2.24) is 0 Å². The lowest BCUT2D eigenvalue weighted by Gasteiger charge is -2.13. The summed E-state index contributed by atoms with van der Waals surface area (Å²) >= 11 is 0. The predicted octanol–water partition coefficient (Wildman–Crippen LogP) is 3.91. The number of rotatable bonds is 5. The van der Waals surface area contributed by atoms with Gasteiger partial charge < -0.3 is 14.5 Å². The maximum Gasteiger partial charge on any atom is 0.126 e. The van der Waals surface area contributed by atoms with Crippen LogP contribution in [-0.4, -0.2) is 7.11 Å². The molecule has 0 bridgehead atoms. The van der Waals surface area contributed by atoms with Crippen LogP contribution in [0.15, 0.2) is 40.8 Å². The summed E-state index contributed by atoms with van der Waals surface area (Å²) in [5.41, 5.74) is 2.25. The van der Waals surface area contributed by atoms with Crippen molar-refractivity contribution in [1.29, 1.82) is 0 Å². The highest BCUT2D eigenvalue weighted by molar-refractivity contribution is 5.46. The fraction of sp³-hybridized carbons (Fsp3) is 0.333. The predicted molar refractivity (Wildman–Crippen MR) is 72.6 cm³/mol. The Balaban J connectivity index is 2.00. The maximum atomic E-state index is 5.60. The Bertz CT molecular complexity index is 487. The van der Waals surface area contributed by atoms with Gasteiger partial charge in [-0.25, -0.2) is 0 Å². The molecule has 0 fully saturated rings. The molecule has 0 spiro atoms. The molecule has 1 atom stereocenters. The minimum Gasteiger partial charge on any atom is -0.464 e. The fourth-order valence-corrected chi connectivity index (χ4v) is 1.87. The highest BCUT2D eigenvalue weighted by atomic mass is 16.5. The number of nitrogens with one attached hydrogen (secondary N) is 1. The van der Waals surface area contributed by atoms with Gasteiger partial charge in [-0.05, 0) is 43.7 Å². The smallest absolute Gasteiger partial charge is 0.126 e. The zero-order chi connectivity index (χ0) is 13.0. The quantitative estimate of drug-likeness (QED) is 0.867. The van der Waals surface area contributed by atoms with Crippen LogP contribution in [-0.2, 0) is 11.3 Å². The number of ether oxygens (including phenoxy) is 1. The van der Waals surface area contributed by atoms with Gasteiger partial charge in [0, 0.05) is 12.8 Å². The number of hydrogen-bond acceptors (Lipinski definition) is 3. The van der Waals surface area contributed by atoms with E-state index in [1.165, 1.54) is 5.56 Å². The van der Waals surface area contributed by atoms with Crippen LogP contribution >= 0.6 is 0 Å². The van der Waals surface area contributed by atoms with Crippen LogP contribution in [0.4, 0.5) is 5.69 Å². The third kappa shape index (κ3) is 3.14.